The lowest BCUT2D eigenvalue weighted by atomic mass is 9.97. The largest absolute Gasteiger partial charge is 0.426 e. The Labute approximate surface area is 129 Å². The van der Waals surface area contributed by atoms with Crippen molar-refractivity contribution in [3.8, 4) is 5.75 Å². The minimum Gasteiger partial charge on any atom is -0.426 e. The van der Waals surface area contributed by atoms with Crippen molar-refractivity contribution in [2.45, 2.75) is 19.8 Å². The van der Waals surface area contributed by atoms with Gasteiger partial charge >= 0.3 is 5.97 Å². The third-order valence-electron chi connectivity index (χ3n) is 3.29. The van der Waals surface area contributed by atoms with Crippen molar-refractivity contribution in [2.75, 3.05) is 5.73 Å². The van der Waals surface area contributed by atoms with Crippen LogP contribution in [0, 0.1) is 5.92 Å². The van der Waals surface area contributed by atoms with Crippen molar-refractivity contribution >= 4 is 23.3 Å². The van der Waals surface area contributed by atoms with Crippen LogP contribution in [-0.4, -0.2) is 5.97 Å². The predicted molar refractivity (Wildman–Crippen MR) is 85.4 cm³/mol. The number of benzene rings is 2. The highest BCUT2D eigenvalue weighted by molar-refractivity contribution is 6.30. The summed E-state index contributed by atoms with van der Waals surface area (Å²) in [5, 5.41) is 0.613. The number of esters is 1. The Kier molecular flexibility index (Phi) is 5.23. The molecule has 4 heteroatoms. The molecule has 0 saturated heterocycles. The van der Waals surface area contributed by atoms with Crippen LogP contribution in [0.15, 0.2) is 48.5 Å². The van der Waals surface area contributed by atoms with E-state index in [9.17, 15) is 4.79 Å². The molecule has 110 valence electrons. The molecule has 0 spiro atoms. The number of hydrogen-bond donors (Lipinski definition) is 1. The molecule has 0 aliphatic carbocycles. The van der Waals surface area contributed by atoms with Crippen molar-refractivity contribution in [2.24, 2.45) is 5.92 Å². The van der Waals surface area contributed by atoms with Crippen molar-refractivity contribution in [3.05, 3.63) is 59.1 Å². The Morgan fingerprint density at radius 1 is 1.24 bits per heavy atom. The van der Waals surface area contributed by atoms with Crippen LogP contribution in [-0.2, 0) is 11.2 Å². The number of carbonyl (C=O) groups excluding carboxylic acids is 1. The van der Waals surface area contributed by atoms with E-state index in [-0.39, 0.29) is 11.9 Å². The minimum absolute atomic E-state index is 0.192. The van der Waals surface area contributed by atoms with Gasteiger partial charge in [-0.15, -0.1) is 0 Å². The Balaban J connectivity index is 2.03. The highest BCUT2D eigenvalue weighted by Gasteiger charge is 2.19. The van der Waals surface area contributed by atoms with Crippen molar-refractivity contribution in [1.82, 2.24) is 0 Å². The Bertz CT molecular complexity index is 610. The number of hydrogen-bond acceptors (Lipinski definition) is 3. The molecule has 0 fully saturated rings. The second-order valence-electron chi connectivity index (χ2n) is 4.93. The summed E-state index contributed by atoms with van der Waals surface area (Å²) >= 11 is 5.81. The van der Waals surface area contributed by atoms with E-state index in [1.807, 2.05) is 31.2 Å². The molecule has 0 heterocycles. The maximum Gasteiger partial charge on any atom is 0.314 e. The highest BCUT2D eigenvalue weighted by Crippen LogP contribution is 2.20. The fourth-order valence-corrected chi connectivity index (χ4v) is 2.23. The molecule has 0 aliphatic rings. The molecule has 21 heavy (non-hydrogen) atoms. The summed E-state index contributed by atoms with van der Waals surface area (Å²) in [5.41, 5.74) is 7.50. The molecular formula is C17H18ClNO2. The van der Waals surface area contributed by atoms with E-state index in [0.717, 1.165) is 5.56 Å². The Morgan fingerprint density at radius 3 is 2.57 bits per heavy atom. The normalized spacial score (nSPS) is 11.9. The maximum absolute atomic E-state index is 12.2. The molecule has 0 aliphatic heterocycles. The molecular weight excluding hydrogens is 286 g/mol. The van der Waals surface area contributed by atoms with Gasteiger partial charge in [-0.25, -0.2) is 0 Å². The van der Waals surface area contributed by atoms with E-state index in [4.69, 9.17) is 22.1 Å². The van der Waals surface area contributed by atoms with Crippen molar-refractivity contribution in [3.63, 3.8) is 0 Å². The summed E-state index contributed by atoms with van der Waals surface area (Å²) in [7, 11) is 0. The molecule has 3 nitrogen and oxygen atoms in total. The van der Waals surface area contributed by atoms with Gasteiger partial charge in [-0.1, -0.05) is 30.7 Å². The number of halogens is 1. The first-order valence-electron chi connectivity index (χ1n) is 6.90. The first-order valence-corrected chi connectivity index (χ1v) is 7.28. The van der Waals surface area contributed by atoms with Gasteiger partial charge in [0.05, 0.1) is 5.92 Å². The van der Waals surface area contributed by atoms with E-state index >= 15 is 0 Å². The van der Waals surface area contributed by atoms with Crippen LogP contribution in [0.2, 0.25) is 5.02 Å². The fourth-order valence-electron chi connectivity index (χ4n) is 2.10. The maximum atomic E-state index is 12.2. The summed E-state index contributed by atoms with van der Waals surface area (Å²) in [4.78, 5) is 12.2. The lowest BCUT2D eigenvalue weighted by molar-refractivity contribution is -0.139. The molecule has 2 aromatic rings. The summed E-state index contributed by atoms with van der Waals surface area (Å²) in [6.45, 7) is 1.97. The van der Waals surface area contributed by atoms with Crippen LogP contribution in [0.25, 0.3) is 0 Å². The second-order valence-corrected chi connectivity index (χ2v) is 5.37. The third kappa shape index (κ3) is 4.50. The van der Waals surface area contributed by atoms with E-state index in [2.05, 4.69) is 0 Å². The van der Waals surface area contributed by atoms with Gasteiger partial charge in [0, 0.05) is 10.7 Å². The van der Waals surface area contributed by atoms with E-state index in [0.29, 0.717) is 29.3 Å². The predicted octanol–water partition coefficient (Wildman–Crippen LogP) is 4.10. The third-order valence-corrected chi connectivity index (χ3v) is 3.54. The van der Waals surface area contributed by atoms with Gasteiger partial charge in [0.1, 0.15) is 5.75 Å². The van der Waals surface area contributed by atoms with Crippen molar-refractivity contribution < 1.29 is 9.53 Å². The smallest absolute Gasteiger partial charge is 0.314 e. The lowest BCUT2D eigenvalue weighted by Gasteiger charge is -2.14. The van der Waals surface area contributed by atoms with Gasteiger partial charge in [-0.3, -0.25) is 4.79 Å². The number of rotatable bonds is 5. The number of ether oxygens (including phenoxy) is 1. The molecule has 2 rings (SSSR count). The van der Waals surface area contributed by atoms with E-state index in [1.54, 1.807) is 24.3 Å². The van der Waals surface area contributed by atoms with Crippen LogP contribution in [0.3, 0.4) is 0 Å². The summed E-state index contributed by atoms with van der Waals surface area (Å²) in [6.07, 6.45) is 1.33. The SMILES string of the molecule is CCC(Cc1cccc(N)c1)C(=O)Oc1ccc(Cl)cc1. The first-order chi connectivity index (χ1) is 10.1. The summed E-state index contributed by atoms with van der Waals surface area (Å²) in [6, 6.07) is 14.3. The molecule has 1 unspecified atom stereocenters. The van der Waals surface area contributed by atoms with Gasteiger partial charge in [0.2, 0.25) is 0 Å². The van der Waals surface area contributed by atoms with Crippen molar-refractivity contribution in [1.29, 1.82) is 0 Å². The summed E-state index contributed by atoms with van der Waals surface area (Å²) in [5.74, 6) is 0.0835. The fraction of sp³-hybridized carbons (Fsp3) is 0.235. The number of nitrogen functional groups attached to an aromatic ring is 1. The van der Waals surface area contributed by atoms with Gasteiger partial charge in [-0.05, 0) is 54.8 Å². The average molecular weight is 304 g/mol. The van der Waals surface area contributed by atoms with Crippen LogP contribution in [0.5, 0.6) is 5.75 Å². The van der Waals surface area contributed by atoms with E-state index in [1.165, 1.54) is 0 Å². The molecule has 0 amide bonds. The van der Waals surface area contributed by atoms with Gasteiger partial charge in [0.15, 0.2) is 0 Å². The molecule has 0 aromatic heterocycles. The molecule has 0 bridgehead atoms. The zero-order valence-corrected chi connectivity index (χ0v) is 12.6. The highest BCUT2D eigenvalue weighted by atomic mass is 35.5. The average Bonchev–Trinajstić information content (AvgIpc) is 2.47. The number of anilines is 1. The standard InChI is InChI=1S/C17H18ClNO2/c1-2-13(10-12-4-3-5-15(19)11-12)17(20)21-16-8-6-14(18)7-9-16/h3-9,11,13H,2,10,19H2,1H3. The van der Waals surface area contributed by atoms with E-state index < -0.39 is 0 Å². The summed E-state index contributed by atoms with van der Waals surface area (Å²) < 4.78 is 5.40. The molecule has 0 radical (unpaired) electrons. The Morgan fingerprint density at radius 2 is 1.95 bits per heavy atom. The minimum atomic E-state index is -0.234. The zero-order valence-electron chi connectivity index (χ0n) is 11.9. The van der Waals surface area contributed by atoms with Gasteiger partial charge in [0.25, 0.3) is 0 Å². The Hall–Kier alpha value is -2.00. The molecule has 2 N–H and O–H groups in total. The molecule has 0 saturated carbocycles. The monoisotopic (exact) mass is 303 g/mol. The van der Waals surface area contributed by atoms with Crippen LogP contribution in [0.1, 0.15) is 18.9 Å². The topological polar surface area (TPSA) is 52.3 Å². The molecule has 1 atom stereocenters. The lowest BCUT2D eigenvalue weighted by Crippen LogP contribution is -2.22. The second kappa shape index (κ2) is 7.14. The first kappa shape index (κ1) is 15.4. The number of nitrogens with two attached hydrogens (primary N) is 1. The number of carbonyl (C=O) groups is 1. The van der Waals surface area contributed by atoms with Crippen LogP contribution in [0.4, 0.5) is 5.69 Å². The van der Waals surface area contributed by atoms with Gasteiger partial charge < -0.3 is 10.5 Å². The van der Waals surface area contributed by atoms with Crippen LogP contribution >= 0.6 is 11.6 Å². The quantitative estimate of drug-likeness (QED) is 0.514. The molecule has 2 aromatic carbocycles. The zero-order chi connectivity index (χ0) is 15.2. The van der Waals surface area contributed by atoms with Gasteiger partial charge in [-0.2, -0.15) is 0 Å². The van der Waals surface area contributed by atoms with Crippen LogP contribution < -0.4 is 10.5 Å².